The molecule has 2 fully saturated rings. The number of pyridine rings is 1. The number of β-amino-alcohol motifs (C(OH)–C–C–N with tert-alkyl or cyclic N) is 1. The molecule has 1 aliphatic heterocycles. The maximum absolute atomic E-state index is 12.5. The number of amides is 1. The second-order valence-corrected chi connectivity index (χ2v) is 7.38. The van der Waals surface area contributed by atoms with Gasteiger partial charge in [-0.3, -0.25) is 4.79 Å². The van der Waals surface area contributed by atoms with Crippen LogP contribution in [0.1, 0.15) is 23.2 Å². The van der Waals surface area contributed by atoms with Crippen molar-refractivity contribution in [1.82, 2.24) is 24.9 Å². The third kappa shape index (κ3) is 3.42. The van der Waals surface area contributed by atoms with Gasteiger partial charge in [-0.05, 0) is 25.0 Å². The number of aliphatic hydroxyl groups excluding tert-OH is 1. The van der Waals surface area contributed by atoms with Gasteiger partial charge in [0.2, 0.25) is 0 Å². The van der Waals surface area contributed by atoms with E-state index in [0.29, 0.717) is 41.8 Å². The van der Waals surface area contributed by atoms with E-state index in [1.165, 1.54) is 0 Å². The first kappa shape index (κ1) is 17.7. The fourth-order valence-corrected chi connectivity index (χ4v) is 3.30. The van der Waals surface area contributed by atoms with E-state index < -0.39 is 0 Å². The quantitative estimate of drug-likeness (QED) is 0.489. The summed E-state index contributed by atoms with van der Waals surface area (Å²) in [5.41, 5.74) is 0.910. The van der Waals surface area contributed by atoms with Gasteiger partial charge in [0.15, 0.2) is 5.65 Å². The highest BCUT2D eigenvalue weighted by Gasteiger charge is 2.27. The minimum absolute atomic E-state index is 0.161. The number of nitrogens with one attached hydrogen (secondary N) is 3. The molecular weight excluding hydrogens is 372 g/mol. The zero-order chi connectivity index (χ0) is 20.0. The summed E-state index contributed by atoms with van der Waals surface area (Å²) in [5, 5.41) is 23.1. The number of hydrogen-bond donors (Lipinski definition) is 4. The molecule has 2 aliphatic rings. The topological polar surface area (TPSA) is 120 Å². The highest BCUT2D eigenvalue weighted by Crippen LogP contribution is 2.25. The molecule has 4 N–H and O–H groups in total. The normalized spacial score (nSPS) is 16.6. The molecular formula is C19H22N8O2. The summed E-state index contributed by atoms with van der Waals surface area (Å²) >= 11 is 0. The van der Waals surface area contributed by atoms with Crippen LogP contribution in [0.5, 0.6) is 0 Å². The van der Waals surface area contributed by atoms with Gasteiger partial charge in [-0.25, -0.2) is 9.97 Å². The third-order valence-electron chi connectivity index (χ3n) is 5.06. The molecule has 3 aromatic heterocycles. The summed E-state index contributed by atoms with van der Waals surface area (Å²) in [4.78, 5) is 23.7. The Labute approximate surface area is 167 Å². The lowest BCUT2D eigenvalue weighted by atomic mass is 10.2. The maximum Gasteiger partial charge on any atom is 0.256 e. The second kappa shape index (κ2) is 6.89. The summed E-state index contributed by atoms with van der Waals surface area (Å²) in [5.74, 6) is 2.52. The van der Waals surface area contributed by atoms with Crippen LogP contribution in [-0.2, 0) is 0 Å². The number of fused-ring (bicyclic) bond motifs is 1. The van der Waals surface area contributed by atoms with Gasteiger partial charge in [0.1, 0.15) is 28.8 Å². The Kier molecular flexibility index (Phi) is 4.20. The van der Waals surface area contributed by atoms with Crippen molar-refractivity contribution >= 4 is 34.8 Å². The van der Waals surface area contributed by atoms with Gasteiger partial charge in [-0.1, -0.05) is 6.07 Å². The summed E-state index contributed by atoms with van der Waals surface area (Å²) in [7, 11) is 1.79. The molecule has 0 aromatic carbocycles. The lowest BCUT2D eigenvalue weighted by Gasteiger charge is -2.36. The summed E-state index contributed by atoms with van der Waals surface area (Å²) in [6.07, 6.45) is 3.28. The summed E-state index contributed by atoms with van der Waals surface area (Å²) in [6.45, 7) is 1.17. The molecule has 4 heterocycles. The zero-order valence-corrected chi connectivity index (χ0v) is 16.0. The zero-order valence-electron chi connectivity index (χ0n) is 16.0. The Balaban J connectivity index is 1.45. The number of anilines is 4. The Morgan fingerprint density at radius 2 is 2.03 bits per heavy atom. The molecule has 0 spiro atoms. The average molecular weight is 394 g/mol. The Morgan fingerprint density at radius 3 is 2.76 bits per heavy atom. The smallest absolute Gasteiger partial charge is 0.256 e. The van der Waals surface area contributed by atoms with Crippen LogP contribution in [0.4, 0.5) is 23.3 Å². The van der Waals surface area contributed by atoms with Crippen molar-refractivity contribution in [3.8, 4) is 0 Å². The number of carbonyl (C=O) groups excluding carboxylic acids is 1. The molecule has 29 heavy (non-hydrogen) atoms. The van der Waals surface area contributed by atoms with Gasteiger partial charge < -0.3 is 26.0 Å². The molecule has 1 amide bonds. The van der Waals surface area contributed by atoms with Crippen LogP contribution in [-0.4, -0.2) is 62.9 Å². The van der Waals surface area contributed by atoms with E-state index in [9.17, 15) is 9.90 Å². The number of aliphatic hydroxyl groups is 1. The lowest BCUT2D eigenvalue weighted by Crippen LogP contribution is -2.51. The molecule has 1 saturated heterocycles. The molecule has 0 radical (unpaired) electrons. The molecule has 0 bridgehead atoms. The predicted octanol–water partition coefficient (Wildman–Crippen LogP) is 0.983. The van der Waals surface area contributed by atoms with Gasteiger partial charge in [-0.2, -0.15) is 9.61 Å². The van der Waals surface area contributed by atoms with Gasteiger partial charge >= 0.3 is 0 Å². The Bertz CT molecular complexity index is 1070. The highest BCUT2D eigenvalue weighted by atomic mass is 16.3. The van der Waals surface area contributed by atoms with E-state index in [0.717, 1.165) is 18.7 Å². The van der Waals surface area contributed by atoms with E-state index in [2.05, 4.69) is 31.0 Å². The van der Waals surface area contributed by atoms with Crippen molar-refractivity contribution in [2.75, 3.05) is 35.7 Å². The average Bonchev–Trinajstić information content (AvgIpc) is 3.40. The van der Waals surface area contributed by atoms with Crippen LogP contribution in [0.2, 0.25) is 0 Å². The summed E-state index contributed by atoms with van der Waals surface area (Å²) < 4.78 is 1.61. The van der Waals surface area contributed by atoms with Crippen molar-refractivity contribution in [2.24, 2.45) is 0 Å². The van der Waals surface area contributed by atoms with Crippen molar-refractivity contribution in [1.29, 1.82) is 0 Å². The highest BCUT2D eigenvalue weighted by molar-refractivity contribution is 6.00. The van der Waals surface area contributed by atoms with Crippen molar-refractivity contribution in [3.63, 3.8) is 0 Å². The first-order chi connectivity index (χ1) is 14.1. The molecule has 0 unspecified atom stereocenters. The Morgan fingerprint density at radius 1 is 1.21 bits per heavy atom. The molecule has 3 aromatic rings. The SMILES string of the molecule is CNc1cc(Nc2cccc(N3CC(O)C3)n2)nc2c(C(=O)NC3CC3)cnn12. The van der Waals surface area contributed by atoms with Crippen LogP contribution >= 0.6 is 0 Å². The third-order valence-corrected chi connectivity index (χ3v) is 5.06. The molecule has 10 heteroatoms. The van der Waals surface area contributed by atoms with E-state index >= 15 is 0 Å². The van der Waals surface area contributed by atoms with Gasteiger partial charge in [0.25, 0.3) is 5.91 Å². The fraction of sp³-hybridized carbons (Fsp3) is 0.368. The molecule has 0 atom stereocenters. The molecule has 10 nitrogen and oxygen atoms in total. The van der Waals surface area contributed by atoms with Crippen molar-refractivity contribution < 1.29 is 9.90 Å². The number of hydrogen-bond acceptors (Lipinski definition) is 8. The predicted molar refractivity (Wildman–Crippen MR) is 109 cm³/mol. The van der Waals surface area contributed by atoms with Crippen LogP contribution in [0, 0.1) is 0 Å². The van der Waals surface area contributed by atoms with Gasteiger partial charge in [0.05, 0.1) is 12.3 Å². The largest absolute Gasteiger partial charge is 0.389 e. The molecule has 5 rings (SSSR count). The van der Waals surface area contributed by atoms with Crippen molar-refractivity contribution in [3.05, 3.63) is 36.0 Å². The van der Waals surface area contributed by atoms with E-state index in [-0.39, 0.29) is 18.1 Å². The number of rotatable bonds is 6. The van der Waals surface area contributed by atoms with Crippen LogP contribution < -0.4 is 20.9 Å². The molecule has 1 aliphatic carbocycles. The van der Waals surface area contributed by atoms with Crippen molar-refractivity contribution in [2.45, 2.75) is 25.0 Å². The van der Waals surface area contributed by atoms with Gasteiger partial charge in [-0.15, -0.1) is 0 Å². The standard InChI is InChI=1S/C19H22N8O2/c1-20-17-7-15(23-14-3-2-4-16(24-14)26-9-12(28)10-26)25-18-13(8-21-27(17)18)19(29)22-11-5-6-11/h2-4,7-8,11-12,20,28H,5-6,9-10H2,1H3,(H,22,29)(H,23,24,25). The van der Waals surface area contributed by atoms with Crippen LogP contribution in [0.15, 0.2) is 30.5 Å². The number of nitrogens with zero attached hydrogens (tertiary/aromatic N) is 5. The van der Waals surface area contributed by atoms with E-state index in [1.807, 2.05) is 29.2 Å². The number of aromatic nitrogens is 4. The fourth-order valence-electron chi connectivity index (χ4n) is 3.30. The second-order valence-electron chi connectivity index (χ2n) is 7.38. The van der Waals surface area contributed by atoms with Crippen LogP contribution in [0.25, 0.3) is 5.65 Å². The monoisotopic (exact) mass is 394 g/mol. The van der Waals surface area contributed by atoms with E-state index in [1.54, 1.807) is 17.8 Å². The first-order valence-electron chi connectivity index (χ1n) is 9.65. The lowest BCUT2D eigenvalue weighted by molar-refractivity contribution is 0.0952. The maximum atomic E-state index is 12.5. The van der Waals surface area contributed by atoms with Crippen LogP contribution in [0.3, 0.4) is 0 Å². The number of carbonyl (C=O) groups is 1. The van der Waals surface area contributed by atoms with Gasteiger partial charge in [0, 0.05) is 32.2 Å². The Hall–Kier alpha value is -3.40. The van der Waals surface area contributed by atoms with E-state index in [4.69, 9.17) is 0 Å². The molecule has 1 saturated carbocycles. The molecule has 150 valence electrons. The summed E-state index contributed by atoms with van der Waals surface area (Å²) in [6, 6.07) is 7.73. The minimum Gasteiger partial charge on any atom is -0.389 e. The first-order valence-corrected chi connectivity index (χ1v) is 9.65. The minimum atomic E-state index is -0.294.